The first-order chi connectivity index (χ1) is 14.1. The second-order valence-electron chi connectivity index (χ2n) is 6.24. The van der Waals surface area contributed by atoms with E-state index >= 15 is 0 Å². The van der Waals surface area contributed by atoms with Gasteiger partial charge in [0, 0.05) is 23.3 Å². The molecule has 4 aromatic rings. The lowest BCUT2D eigenvalue weighted by Crippen LogP contribution is -2.00. The van der Waals surface area contributed by atoms with E-state index in [2.05, 4.69) is 11.2 Å². The van der Waals surface area contributed by atoms with Crippen molar-refractivity contribution in [2.75, 3.05) is 0 Å². The molecule has 0 radical (unpaired) electrons. The number of halogens is 1. The number of hydrogen-bond acceptors (Lipinski definition) is 4. The molecule has 0 spiro atoms. The highest BCUT2D eigenvalue weighted by Gasteiger charge is 2.22. The van der Waals surface area contributed by atoms with Crippen molar-refractivity contribution in [3.05, 3.63) is 100 Å². The highest BCUT2D eigenvalue weighted by Crippen LogP contribution is 2.35. The van der Waals surface area contributed by atoms with Gasteiger partial charge in [0.25, 0.3) is 5.69 Å². The number of nitrogens with zero attached hydrogens (tertiary/aromatic N) is 4. The smallest absolute Gasteiger partial charge is 0.258 e. The summed E-state index contributed by atoms with van der Waals surface area (Å²) in [7, 11) is 0. The van der Waals surface area contributed by atoms with E-state index in [-0.39, 0.29) is 17.2 Å². The molecule has 4 rings (SSSR count). The van der Waals surface area contributed by atoms with Gasteiger partial charge in [0.2, 0.25) is 0 Å². The summed E-state index contributed by atoms with van der Waals surface area (Å²) < 4.78 is 14.9. The van der Waals surface area contributed by atoms with Crippen LogP contribution in [0.1, 0.15) is 5.69 Å². The molecule has 0 unspecified atom stereocenters. The zero-order chi connectivity index (χ0) is 20.4. The molecule has 0 saturated carbocycles. The second-order valence-corrected chi connectivity index (χ2v) is 6.24. The standard InChI is InChI=1S/C22H13FN4O2/c23-17-8-6-16(7-9-17)22-21(15-4-2-1-3-5-15)20(14-24)26(25-22)18-10-12-19(13-11-18)27(28)29/h1-13H. The summed E-state index contributed by atoms with van der Waals surface area (Å²) in [6.07, 6.45) is 0. The predicted octanol–water partition coefficient (Wildman–Crippen LogP) is 5.13. The molecule has 140 valence electrons. The average molecular weight is 384 g/mol. The Balaban J connectivity index is 1.97. The maximum absolute atomic E-state index is 13.4. The summed E-state index contributed by atoms with van der Waals surface area (Å²) in [5.41, 5.74) is 3.31. The predicted molar refractivity (Wildman–Crippen MR) is 106 cm³/mol. The van der Waals surface area contributed by atoms with Gasteiger partial charge in [-0.2, -0.15) is 10.4 Å². The molecule has 3 aromatic carbocycles. The number of aromatic nitrogens is 2. The van der Waals surface area contributed by atoms with Gasteiger partial charge in [-0.1, -0.05) is 30.3 Å². The zero-order valence-corrected chi connectivity index (χ0v) is 15.0. The summed E-state index contributed by atoms with van der Waals surface area (Å²) in [5.74, 6) is -0.370. The van der Waals surface area contributed by atoms with E-state index in [4.69, 9.17) is 0 Å². The van der Waals surface area contributed by atoms with Gasteiger partial charge in [0.1, 0.15) is 17.6 Å². The topological polar surface area (TPSA) is 84.8 Å². The summed E-state index contributed by atoms with van der Waals surface area (Å²) in [6.45, 7) is 0. The maximum atomic E-state index is 13.4. The van der Waals surface area contributed by atoms with Crippen LogP contribution in [0.2, 0.25) is 0 Å². The van der Waals surface area contributed by atoms with Crippen LogP contribution < -0.4 is 0 Å². The minimum Gasteiger partial charge on any atom is -0.258 e. The third kappa shape index (κ3) is 3.35. The Morgan fingerprint density at radius 1 is 0.931 bits per heavy atom. The number of nitro benzene ring substituents is 1. The molecule has 0 aliphatic rings. The van der Waals surface area contributed by atoms with Crippen LogP contribution in [0.25, 0.3) is 28.1 Å². The molecule has 7 heteroatoms. The van der Waals surface area contributed by atoms with Gasteiger partial charge in [-0.05, 0) is 42.0 Å². The molecule has 0 atom stereocenters. The lowest BCUT2D eigenvalue weighted by Gasteiger charge is -2.04. The Kier molecular flexibility index (Phi) is 4.59. The normalized spacial score (nSPS) is 10.5. The van der Waals surface area contributed by atoms with Gasteiger partial charge in [-0.3, -0.25) is 10.1 Å². The SMILES string of the molecule is N#Cc1c(-c2ccccc2)c(-c2ccc(F)cc2)nn1-c1ccc([N+](=O)[O-])cc1. The molecule has 0 fully saturated rings. The van der Waals surface area contributed by atoms with Crippen molar-refractivity contribution < 1.29 is 9.31 Å². The zero-order valence-electron chi connectivity index (χ0n) is 15.0. The van der Waals surface area contributed by atoms with E-state index in [0.717, 1.165) is 5.56 Å². The Morgan fingerprint density at radius 2 is 1.59 bits per heavy atom. The fourth-order valence-corrected chi connectivity index (χ4v) is 3.11. The van der Waals surface area contributed by atoms with Crippen LogP contribution in [0, 0.1) is 27.3 Å². The maximum Gasteiger partial charge on any atom is 0.269 e. The quantitative estimate of drug-likeness (QED) is 0.361. The van der Waals surface area contributed by atoms with Gasteiger partial charge in [-0.25, -0.2) is 9.07 Å². The molecule has 29 heavy (non-hydrogen) atoms. The number of nitriles is 1. The lowest BCUT2D eigenvalue weighted by molar-refractivity contribution is -0.384. The first-order valence-electron chi connectivity index (χ1n) is 8.68. The highest BCUT2D eigenvalue weighted by atomic mass is 19.1. The Bertz CT molecular complexity index is 1230. The van der Waals surface area contributed by atoms with E-state index < -0.39 is 4.92 Å². The van der Waals surface area contributed by atoms with E-state index in [1.807, 2.05) is 30.3 Å². The third-order valence-corrected chi connectivity index (χ3v) is 4.48. The van der Waals surface area contributed by atoms with Crippen molar-refractivity contribution in [3.8, 4) is 34.1 Å². The third-order valence-electron chi connectivity index (χ3n) is 4.48. The van der Waals surface area contributed by atoms with Crippen molar-refractivity contribution in [1.29, 1.82) is 5.26 Å². The van der Waals surface area contributed by atoms with E-state index in [1.54, 1.807) is 12.1 Å². The van der Waals surface area contributed by atoms with Crippen LogP contribution in [0.15, 0.2) is 78.9 Å². The van der Waals surface area contributed by atoms with E-state index in [9.17, 15) is 19.8 Å². The number of benzene rings is 3. The summed E-state index contributed by atoms with van der Waals surface area (Å²) >= 11 is 0. The van der Waals surface area contributed by atoms with Crippen molar-refractivity contribution in [2.24, 2.45) is 0 Å². The van der Waals surface area contributed by atoms with Crippen molar-refractivity contribution in [3.63, 3.8) is 0 Å². The monoisotopic (exact) mass is 384 g/mol. The molecule has 0 amide bonds. The molecule has 0 aliphatic carbocycles. The highest BCUT2D eigenvalue weighted by molar-refractivity contribution is 5.85. The molecule has 6 nitrogen and oxygen atoms in total. The van der Waals surface area contributed by atoms with Gasteiger partial charge in [-0.15, -0.1) is 0 Å². The first-order valence-corrected chi connectivity index (χ1v) is 8.68. The summed E-state index contributed by atoms with van der Waals surface area (Å²) in [5, 5.41) is 25.4. The number of rotatable bonds is 4. The number of nitro groups is 1. The van der Waals surface area contributed by atoms with Crippen LogP contribution in [-0.4, -0.2) is 14.7 Å². The minimum absolute atomic E-state index is 0.0542. The molecule has 0 N–H and O–H groups in total. The van der Waals surface area contributed by atoms with Crippen LogP contribution >= 0.6 is 0 Å². The number of hydrogen-bond donors (Lipinski definition) is 0. The molecule has 1 aromatic heterocycles. The van der Waals surface area contributed by atoms with Gasteiger partial charge >= 0.3 is 0 Å². The Morgan fingerprint density at radius 3 is 2.17 bits per heavy atom. The molecular weight excluding hydrogens is 371 g/mol. The fourth-order valence-electron chi connectivity index (χ4n) is 3.11. The van der Waals surface area contributed by atoms with Crippen LogP contribution in [-0.2, 0) is 0 Å². The van der Waals surface area contributed by atoms with Crippen molar-refractivity contribution in [1.82, 2.24) is 9.78 Å². The van der Waals surface area contributed by atoms with Gasteiger partial charge in [0.05, 0.1) is 10.6 Å². The summed E-state index contributed by atoms with van der Waals surface area (Å²) in [4.78, 5) is 10.4. The molecular formula is C22H13FN4O2. The second kappa shape index (κ2) is 7.37. The molecule has 0 saturated heterocycles. The minimum atomic E-state index is -0.489. The molecule has 1 heterocycles. The lowest BCUT2D eigenvalue weighted by atomic mass is 9.99. The van der Waals surface area contributed by atoms with Crippen molar-refractivity contribution in [2.45, 2.75) is 0 Å². The summed E-state index contributed by atoms with van der Waals surface area (Å²) in [6, 6.07) is 23.2. The molecule has 0 aliphatic heterocycles. The average Bonchev–Trinajstić information content (AvgIpc) is 3.14. The number of non-ortho nitro benzene ring substituents is 1. The largest absolute Gasteiger partial charge is 0.269 e. The first kappa shape index (κ1) is 18.1. The van der Waals surface area contributed by atoms with Crippen LogP contribution in [0.4, 0.5) is 10.1 Å². The molecule has 0 bridgehead atoms. The Labute approximate surface area is 165 Å². The van der Waals surface area contributed by atoms with E-state index in [1.165, 1.54) is 41.1 Å². The van der Waals surface area contributed by atoms with E-state index in [0.29, 0.717) is 22.5 Å². The Hall–Kier alpha value is -4.31. The van der Waals surface area contributed by atoms with Gasteiger partial charge < -0.3 is 0 Å². The van der Waals surface area contributed by atoms with Crippen LogP contribution in [0.3, 0.4) is 0 Å². The fraction of sp³-hybridized carbons (Fsp3) is 0. The van der Waals surface area contributed by atoms with Crippen molar-refractivity contribution >= 4 is 5.69 Å². The van der Waals surface area contributed by atoms with Gasteiger partial charge in [0.15, 0.2) is 5.69 Å². The van der Waals surface area contributed by atoms with Crippen LogP contribution in [0.5, 0.6) is 0 Å².